The van der Waals surface area contributed by atoms with E-state index in [1.165, 1.54) is 193 Å². The van der Waals surface area contributed by atoms with Crippen LogP contribution in [0.5, 0.6) is 0 Å². The molecule has 0 aromatic heterocycles. The van der Waals surface area contributed by atoms with Gasteiger partial charge >= 0.3 is 17.9 Å². The number of hydrogen-bond acceptors (Lipinski definition) is 6. The fourth-order valence-corrected chi connectivity index (χ4v) is 9.53. The number of carbonyl (C=O) groups excluding carboxylic acids is 3. The zero-order valence-electron chi connectivity index (χ0n) is 50.5. The van der Waals surface area contributed by atoms with E-state index in [1.807, 2.05) is 0 Å². The van der Waals surface area contributed by atoms with Gasteiger partial charge in [0.05, 0.1) is 0 Å². The summed E-state index contributed by atoms with van der Waals surface area (Å²) in [5.74, 6) is -0.892. The minimum Gasteiger partial charge on any atom is -0.462 e. The van der Waals surface area contributed by atoms with Crippen LogP contribution in [0.15, 0.2) is 72.9 Å². The van der Waals surface area contributed by atoms with Gasteiger partial charge in [-0.2, -0.15) is 0 Å². The first-order valence-electron chi connectivity index (χ1n) is 32.9. The standard InChI is InChI=1S/C70H124O6/c1-4-7-10-13-16-19-22-25-28-31-33-35-37-39-42-45-48-51-54-57-60-63-69(72)75-66-67(65-74-68(71)62-59-56-53-50-47-44-41-38-30-27-24-21-18-15-12-9-6-3)76-70(73)64-61-58-55-52-49-46-43-40-36-34-32-29-26-23-20-17-14-11-8-5-2/h9,12,18,21-22,25,27,30-31,33,41,44,67H,4-8,10-11,13-17,19-20,23-24,26,28-29,32,34-40,42-43,45-66H2,1-3H3/b12-9-,21-18-,25-22-,30-27-,33-31-,44-41-. The Bertz CT molecular complexity index is 1400. The summed E-state index contributed by atoms with van der Waals surface area (Å²) in [4.78, 5) is 38.4. The number of esters is 3. The van der Waals surface area contributed by atoms with Crippen molar-refractivity contribution in [2.45, 2.75) is 341 Å². The summed E-state index contributed by atoms with van der Waals surface area (Å²) in [6.07, 6.45) is 83.4. The highest BCUT2D eigenvalue weighted by molar-refractivity contribution is 5.71. The van der Waals surface area contributed by atoms with Crippen molar-refractivity contribution in [3.8, 4) is 0 Å². The fraction of sp³-hybridized carbons (Fsp3) is 0.786. The molecular formula is C70H124O6. The number of carbonyl (C=O) groups is 3. The molecule has 0 amide bonds. The number of hydrogen-bond donors (Lipinski definition) is 0. The highest BCUT2D eigenvalue weighted by Gasteiger charge is 2.19. The van der Waals surface area contributed by atoms with Crippen LogP contribution in [0.2, 0.25) is 0 Å². The van der Waals surface area contributed by atoms with Gasteiger partial charge < -0.3 is 14.2 Å². The van der Waals surface area contributed by atoms with E-state index in [4.69, 9.17) is 14.2 Å². The van der Waals surface area contributed by atoms with Crippen LogP contribution >= 0.6 is 0 Å². The normalized spacial score (nSPS) is 12.5. The van der Waals surface area contributed by atoms with Gasteiger partial charge in [-0.3, -0.25) is 14.4 Å². The van der Waals surface area contributed by atoms with E-state index in [0.29, 0.717) is 19.3 Å². The minimum atomic E-state index is -0.788. The number of unbranched alkanes of at least 4 members (excludes halogenated alkanes) is 37. The van der Waals surface area contributed by atoms with E-state index in [1.54, 1.807) is 0 Å². The lowest BCUT2D eigenvalue weighted by molar-refractivity contribution is -0.167. The molecule has 0 heterocycles. The summed E-state index contributed by atoms with van der Waals surface area (Å²) in [5.41, 5.74) is 0. The Labute approximate surface area is 472 Å². The maximum atomic E-state index is 12.9. The fourth-order valence-electron chi connectivity index (χ4n) is 9.53. The molecule has 1 unspecified atom stereocenters. The van der Waals surface area contributed by atoms with Gasteiger partial charge in [0.1, 0.15) is 13.2 Å². The van der Waals surface area contributed by atoms with Gasteiger partial charge in [0.15, 0.2) is 6.10 Å². The van der Waals surface area contributed by atoms with Crippen LogP contribution in [0.4, 0.5) is 0 Å². The summed E-state index contributed by atoms with van der Waals surface area (Å²) < 4.78 is 16.9. The first-order chi connectivity index (χ1) is 37.5. The Hall–Kier alpha value is -3.15. The highest BCUT2D eigenvalue weighted by atomic mass is 16.6. The van der Waals surface area contributed by atoms with Crippen LogP contribution in [-0.2, 0) is 28.6 Å². The maximum Gasteiger partial charge on any atom is 0.306 e. The van der Waals surface area contributed by atoms with Gasteiger partial charge in [0.2, 0.25) is 0 Å². The third-order valence-corrected chi connectivity index (χ3v) is 14.4. The molecule has 1 atom stereocenters. The molecular weight excluding hydrogens is 937 g/mol. The van der Waals surface area contributed by atoms with Gasteiger partial charge in [-0.05, 0) is 89.9 Å². The van der Waals surface area contributed by atoms with Crippen LogP contribution in [0, 0.1) is 0 Å². The van der Waals surface area contributed by atoms with Crippen LogP contribution in [0.3, 0.4) is 0 Å². The van der Waals surface area contributed by atoms with Crippen LogP contribution < -0.4 is 0 Å². The molecule has 76 heavy (non-hydrogen) atoms. The Morgan fingerprint density at radius 2 is 0.513 bits per heavy atom. The van der Waals surface area contributed by atoms with E-state index in [-0.39, 0.29) is 31.1 Å². The van der Waals surface area contributed by atoms with Crippen molar-refractivity contribution < 1.29 is 28.6 Å². The molecule has 0 aliphatic rings. The molecule has 6 heteroatoms. The van der Waals surface area contributed by atoms with Crippen LogP contribution in [0.1, 0.15) is 335 Å². The van der Waals surface area contributed by atoms with E-state index in [2.05, 4.69) is 93.7 Å². The second kappa shape index (κ2) is 64.4. The Balaban J connectivity index is 4.38. The molecule has 440 valence electrons. The number of ether oxygens (including phenoxy) is 3. The van der Waals surface area contributed by atoms with Crippen molar-refractivity contribution in [1.82, 2.24) is 0 Å². The smallest absolute Gasteiger partial charge is 0.306 e. The Morgan fingerprint density at radius 1 is 0.276 bits per heavy atom. The van der Waals surface area contributed by atoms with Crippen molar-refractivity contribution in [1.29, 1.82) is 0 Å². The second-order valence-corrected chi connectivity index (χ2v) is 22.0. The largest absolute Gasteiger partial charge is 0.462 e. The van der Waals surface area contributed by atoms with Crippen molar-refractivity contribution >= 4 is 17.9 Å². The van der Waals surface area contributed by atoms with Gasteiger partial charge in [-0.25, -0.2) is 0 Å². The molecule has 0 N–H and O–H groups in total. The average molecular weight is 1060 g/mol. The maximum absolute atomic E-state index is 12.9. The summed E-state index contributed by atoms with van der Waals surface area (Å²) >= 11 is 0. The molecule has 0 aromatic rings. The van der Waals surface area contributed by atoms with Gasteiger partial charge in [0.25, 0.3) is 0 Å². The lowest BCUT2D eigenvalue weighted by Crippen LogP contribution is -2.30. The molecule has 0 radical (unpaired) electrons. The minimum absolute atomic E-state index is 0.0828. The molecule has 0 rings (SSSR count). The lowest BCUT2D eigenvalue weighted by atomic mass is 10.0. The topological polar surface area (TPSA) is 78.9 Å². The van der Waals surface area contributed by atoms with Crippen LogP contribution in [0.25, 0.3) is 0 Å². The van der Waals surface area contributed by atoms with Crippen molar-refractivity contribution in [2.24, 2.45) is 0 Å². The monoisotopic (exact) mass is 1060 g/mol. The van der Waals surface area contributed by atoms with E-state index >= 15 is 0 Å². The SMILES string of the molecule is CC/C=C\C/C=C\C/C=C\C/C=C\CCCCCCC(=O)OCC(COC(=O)CCCCCCCCCCC/C=C\C/C=C\CCCCCCC)OC(=O)CCCCCCCCCCCCCCCCCCCCCC. The van der Waals surface area contributed by atoms with Gasteiger partial charge in [0, 0.05) is 19.3 Å². The highest BCUT2D eigenvalue weighted by Crippen LogP contribution is 2.17. The third kappa shape index (κ3) is 61.7. The summed E-state index contributed by atoms with van der Waals surface area (Å²) in [6, 6.07) is 0. The quantitative estimate of drug-likeness (QED) is 0.0261. The summed E-state index contributed by atoms with van der Waals surface area (Å²) in [5, 5.41) is 0. The molecule has 0 saturated carbocycles. The first-order valence-corrected chi connectivity index (χ1v) is 32.9. The summed E-state index contributed by atoms with van der Waals surface area (Å²) in [7, 11) is 0. The molecule has 0 aliphatic heterocycles. The number of allylic oxidation sites excluding steroid dienone is 12. The molecule has 0 fully saturated rings. The predicted molar refractivity (Wildman–Crippen MR) is 330 cm³/mol. The van der Waals surface area contributed by atoms with Gasteiger partial charge in [-0.15, -0.1) is 0 Å². The molecule has 0 aliphatic carbocycles. The average Bonchev–Trinajstić information content (AvgIpc) is 3.42. The second-order valence-electron chi connectivity index (χ2n) is 22.0. The van der Waals surface area contributed by atoms with E-state index in [9.17, 15) is 14.4 Å². The van der Waals surface area contributed by atoms with E-state index < -0.39 is 6.10 Å². The van der Waals surface area contributed by atoms with Crippen molar-refractivity contribution in [3.63, 3.8) is 0 Å². The molecule has 0 saturated heterocycles. The van der Waals surface area contributed by atoms with Crippen molar-refractivity contribution in [3.05, 3.63) is 72.9 Å². The Kier molecular flexibility index (Phi) is 61.7. The zero-order chi connectivity index (χ0) is 55.0. The first kappa shape index (κ1) is 72.8. The number of rotatable bonds is 60. The molecule has 0 bridgehead atoms. The van der Waals surface area contributed by atoms with E-state index in [0.717, 1.165) is 103 Å². The van der Waals surface area contributed by atoms with Crippen LogP contribution in [-0.4, -0.2) is 37.2 Å². The zero-order valence-corrected chi connectivity index (χ0v) is 50.5. The van der Waals surface area contributed by atoms with Crippen molar-refractivity contribution in [2.75, 3.05) is 13.2 Å². The molecule has 0 spiro atoms. The predicted octanol–water partition coefficient (Wildman–Crippen LogP) is 22.5. The third-order valence-electron chi connectivity index (χ3n) is 14.4. The molecule has 0 aromatic carbocycles. The summed E-state index contributed by atoms with van der Waals surface area (Å²) in [6.45, 7) is 6.54. The van der Waals surface area contributed by atoms with Gasteiger partial charge in [-0.1, -0.05) is 299 Å². The Morgan fingerprint density at radius 3 is 0.803 bits per heavy atom. The molecule has 6 nitrogen and oxygen atoms in total. The lowest BCUT2D eigenvalue weighted by Gasteiger charge is -2.18.